The third-order valence-corrected chi connectivity index (χ3v) is 3.62. The van der Waals surface area contributed by atoms with Crippen LogP contribution < -0.4 is 5.32 Å². The average molecular weight is 248 g/mol. The maximum atomic E-state index is 5.76. The Morgan fingerprint density at radius 2 is 1.83 bits per heavy atom. The molecule has 1 aromatic rings. The second-order valence-electron chi connectivity index (χ2n) is 5.13. The highest BCUT2D eigenvalue weighted by Crippen LogP contribution is 2.09. The van der Waals surface area contributed by atoms with E-state index in [4.69, 9.17) is 4.74 Å². The Morgan fingerprint density at radius 3 is 2.50 bits per heavy atom. The molecule has 0 amide bonds. The molecule has 3 nitrogen and oxygen atoms in total. The van der Waals surface area contributed by atoms with Gasteiger partial charge in [-0.1, -0.05) is 30.3 Å². The molecule has 100 valence electrons. The van der Waals surface area contributed by atoms with Crippen molar-refractivity contribution in [2.24, 2.45) is 0 Å². The molecule has 0 spiro atoms. The fourth-order valence-corrected chi connectivity index (χ4v) is 2.55. The summed E-state index contributed by atoms with van der Waals surface area (Å²) in [6.07, 6.45) is 0. The lowest BCUT2D eigenvalue weighted by molar-refractivity contribution is 0.0503. The van der Waals surface area contributed by atoms with E-state index >= 15 is 0 Å². The first-order valence-electron chi connectivity index (χ1n) is 6.85. The minimum absolute atomic E-state index is 0.606. The van der Waals surface area contributed by atoms with Crippen LogP contribution in [-0.2, 0) is 11.3 Å². The lowest BCUT2D eigenvalue weighted by Gasteiger charge is -2.39. The van der Waals surface area contributed by atoms with E-state index in [0.29, 0.717) is 12.1 Å². The molecule has 1 fully saturated rings. The smallest absolute Gasteiger partial charge is 0.0717 e. The number of nitrogens with zero attached hydrogens (tertiary/aromatic N) is 1. The van der Waals surface area contributed by atoms with Crippen molar-refractivity contribution >= 4 is 0 Å². The molecule has 0 saturated carbocycles. The topological polar surface area (TPSA) is 24.5 Å². The molecule has 1 aromatic carbocycles. The molecule has 2 rings (SSSR count). The van der Waals surface area contributed by atoms with E-state index < -0.39 is 0 Å². The molecule has 0 unspecified atom stereocenters. The summed E-state index contributed by atoms with van der Waals surface area (Å²) in [5.74, 6) is 0. The van der Waals surface area contributed by atoms with Gasteiger partial charge in [0.1, 0.15) is 0 Å². The summed E-state index contributed by atoms with van der Waals surface area (Å²) in [6.45, 7) is 9.28. The first-order chi connectivity index (χ1) is 8.77. The van der Waals surface area contributed by atoms with Crippen LogP contribution in [0.5, 0.6) is 0 Å². The Morgan fingerprint density at radius 1 is 1.17 bits per heavy atom. The first-order valence-corrected chi connectivity index (χ1v) is 6.85. The van der Waals surface area contributed by atoms with Crippen LogP contribution in [0.25, 0.3) is 0 Å². The SMILES string of the molecule is C[C@@H]1CNC[C@H](C)N1CCOCc1ccccc1. The normalized spacial score (nSPS) is 25.2. The van der Waals surface area contributed by atoms with Crippen molar-refractivity contribution in [2.45, 2.75) is 32.5 Å². The molecule has 0 aliphatic carbocycles. The van der Waals surface area contributed by atoms with Gasteiger partial charge in [0.2, 0.25) is 0 Å². The summed E-state index contributed by atoms with van der Waals surface area (Å²) in [7, 11) is 0. The molecule has 1 aliphatic rings. The van der Waals surface area contributed by atoms with E-state index in [0.717, 1.165) is 32.8 Å². The summed E-state index contributed by atoms with van der Waals surface area (Å²) in [5, 5.41) is 3.45. The second kappa shape index (κ2) is 6.88. The fraction of sp³-hybridized carbons (Fsp3) is 0.600. The molecule has 1 N–H and O–H groups in total. The average Bonchev–Trinajstić information content (AvgIpc) is 2.38. The first kappa shape index (κ1) is 13.5. The Bertz CT molecular complexity index is 332. The van der Waals surface area contributed by atoms with Crippen LogP contribution in [0, 0.1) is 0 Å². The number of ether oxygens (including phenoxy) is 1. The van der Waals surface area contributed by atoms with Crippen molar-refractivity contribution in [3.63, 3.8) is 0 Å². The Hall–Kier alpha value is -0.900. The minimum atomic E-state index is 0.606. The molecule has 1 saturated heterocycles. The highest BCUT2D eigenvalue weighted by atomic mass is 16.5. The number of hydrogen-bond donors (Lipinski definition) is 1. The van der Waals surface area contributed by atoms with Gasteiger partial charge in [0.25, 0.3) is 0 Å². The number of benzene rings is 1. The van der Waals surface area contributed by atoms with Gasteiger partial charge in [0.15, 0.2) is 0 Å². The lowest BCUT2D eigenvalue weighted by atomic mass is 10.1. The standard InChI is InChI=1S/C15H24N2O/c1-13-10-16-11-14(2)17(13)8-9-18-12-15-6-4-3-5-7-15/h3-7,13-14,16H,8-12H2,1-2H3/t13-,14+. The Balaban J connectivity index is 1.68. The molecular weight excluding hydrogens is 224 g/mol. The summed E-state index contributed by atoms with van der Waals surface area (Å²) >= 11 is 0. The van der Waals surface area contributed by atoms with Crippen molar-refractivity contribution in [2.75, 3.05) is 26.2 Å². The number of piperazine rings is 1. The number of hydrogen-bond acceptors (Lipinski definition) is 3. The van der Waals surface area contributed by atoms with Gasteiger partial charge in [-0.05, 0) is 19.4 Å². The molecule has 0 aromatic heterocycles. The highest BCUT2D eigenvalue weighted by Gasteiger charge is 2.23. The van der Waals surface area contributed by atoms with Crippen LogP contribution in [0.2, 0.25) is 0 Å². The molecule has 1 heterocycles. The molecule has 1 aliphatic heterocycles. The Kier molecular flexibility index (Phi) is 5.17. The van der Waals surface area contributed by atoms with Crippen molar-refractivity contribution in [3.8, 4) is 0 Å². The number of rotatable bonds is 5. The monoisotopic (exact) mass is 248 g/mol. The highest BCUT2D eigenvalue weighted by molar-refractivity contribution is 5.13. The molecule has 18 heavy (non-hydrogen) atoms. The van der Waals surface area contributed by atoms with E-state index in [9.17, 15) is 0 Å². The lowest BCUT2D eigenvalue weighted by Crippen LogP contribution is -2.55. The van der Waals surface area contributed by atoms with Gasteiger partial charge in [-0.3, -0.25) is 4.90 Å². The zero-order chi connectivity index (χ0) is 12.8. The van der Waals surface area contributed by atoms with Crippen molar-refractivity contribution < 1.29 is 4.74 Å². The third kappa shape index (κ3) is 3.80. The molecule has 3 heteroatoms. The predicted octanol–water partition coefficient (Wildman–Crippen LogP) is 1.89. The van der Waals surface area contributed by atoms with Gasteiger partial charge in [0.05, 0.1) is 13.2 Å². The van der Waals surface area contributed by atoms with E-state index in [1.54, 1.807) is 0 Å². The minimum Gasteiger partial charge on any atom is -0.375 e. The van der Waals surface area contributed by atoms with Crippen LogP contribution in [0.1, 0.15) is 19.4 Å². The molecule has 0 bridgehead atoms. The van der Waals surface area contributed by atoms with E-state index in [2.05, 4.69) is 48.3 Å². The molecular formula is C15H24N2O. The maximum Gasteiger partial charge on any atom is 0.0717 e. The van der Waals surface area contributed by atoms with Crippen LogP contribution in [0.4, 0.5) is 0 Å². The predicted molar refractivity (Wildman–Crippen MR) is 74.6 cm³/mol. The summed E-state index contributed by atoms with van der Waals surface area (Å²) < 4.78 is 5.76. The summed E-state index contributed by atoms with van der Waals surface area (Å²) in [6, 6.07) is 11.6. The van der Waals surface area contributed by atoms with Crippen LogP contribution in [-0.4, -0.2) is 43.2 Å². The van der Waals surface area contributed by atoms with Gasteiger partial charge in [-0.15, -0.1) is 0 Å². The van der Waals surface area contributed by atoms with Crippen LogP contribution >= 0.6 is 0 Å². The van der Waals surface area contributed by atoms with E-state index in [-0.39, 0.29) is 0 Å². The van der Waals surface area contributed by atoms with E-state index in [1.807, 2.05) is 6.07 Å². The zero-order valence-electron chi connectivity index (χ0n) is 11.4. The van der Waals surface area contributed by atoms with Crippen LogP contribution in [0.15, 0.2) is 30.3 Å². The molecule has 2 atom stereocenters. The van der Waals surface area contributed by atoms with Crippen LogP contribution in [0.3, 0.4) is 0 Å². The van der Waals surface area contributed by atoms with Gasteiger partial charge in [0, 0.05) is 31.7 Å². The van der Waals surface area contributed by atoms with Crippen molar-refractivity contribution in [3.05, 3.63) is 35.9 Å². The number of nitrogens with one attached hydrogen (secondary N) is 1. The Labute approximate surface area is 110 Å². The quantitative estimate of drug-likeness (QED) is 0.805. The second-order valence-corrected chi connectivity index (χ2v) is 5.13. The van der Waals surface area contributed by atoms with E-state index in [1.165, 1.54) is 5.56 Å². The van der Waals surface area contributed by atoms with Gasteiger partial charge in [-0.2, -0.15) is 0 Å². The van der Waals surface area contributed by atoms with Gasteiger partial charge >= 0.3 is 0 Å². The largest absolute Gasteiger partial charge is 0.375 e. The van der Waals surface area contributed by atoms with Gasteiger partial charge < -0.3 is 10.1 Å². The summed E-state index contributed by atoms with van der Waals surface area (Å²) in [5.41, 5.74) is 1.25. The molecule has 0 radical (unpaired) electrons. The van der Waals surface area contributed by atoms with Crippen molar-refractivity contribution in [1.82, 2.24) is 10.2 Å². The fourth-order valence-electron chi connectivity index (χ4n) is 2.55. The third-order valence-electron chi connectivity index (χ3n) is 3.62. The summed E-state index contributed by atoms with van der Waals surface area (Å²) in [4.78, 5) is 2.53. The van der Waals surface area contributed by atoms with Gasteiger partial charge in [-0.25, -0.2) is 0 Å². The maximum absolute atomic E-state index is 5.76. The van der Waals surface area contributed by atoms with Crippen molar-refractivity contribution in [1.29, 1.82) is 0 Å². The zero-order valence-corrected chi connectivity index (χ0v) is 11.4.